The average Bonchev–Trinajstić information content (AvgIpc) is 2.50. The molecule has 0 aliphatic rings. The second kappa shape index (κ2) is 4.86. The van der Waals surface area contributed by atoms with Crippen LogP contribution in [0, 0.1) is 5.82 Å². The molecule has 104 valence electrons. The number of ether oxygens (including phenoxy) is 1. The molecule has 0 saturated heterocycles. The van der Waals surface area contributed by atoms with E-state index in [0.29, 0.717) is 11.5 Å². The largest absolute Gasteiger partial charge is 0.457 e. The number of nitrogen functional groups attached to an aromatic ring is 1. The normalized spacial score (nSPS) is 10.7. The number of hydrogen-bond acceptors (Lipinski definition) is 4. The van der Waals surface area contributed by atoms with Gasteiger partial charge in [0.2, 0.25) is 10.9 Å². The highest BCUT2D eigenvalue weighted by atomic mass is 19.1. The molecule has 4 nitrogen and oxygen atoms in total. The molecule has 0 fully saturated rings. The Balaban J connectivity index is 1.94. The summed E-state index contributed by atoms with van der Waals surface area (Å²) in [5.74, 6) is 0.195. The van der Waals surface area contributed by atoms with Gasteiger partial charge in [-0.3, -0.25) is 9.59 Å². The van der Waals surface area contributed by atoms with Crippen LogP contribution in [0.2, 0.25) is 0 Å². The third-order valence-electron chi connectivity index (χ3n) is 3.14. The van der Waals surface area contributed by atoms with Crippen LogP contribution < -0.4 is 21.3 Å². The summed E-state index contributed by atoms with van der Waals surface area (Å²) in [6, 6.07) is 12.9. The van der Waals surface area contributed by atoms with Gasteiger partial charge in [0.1, 0.15) is 17.3 Å². The van der Waals surface area contributed by atoms with Crippen LogP contribution in [0.4, 0.5) is 10.1 Å². The summed E-state index contributed by atoms with van der Waals surface area (Å²) in [6.45, 7) is 0. The van der Waals surface area contributed by atoms with Crippen molar-refractivity contribution in [3.05, 3.63) is 74.8 Å². The quantitative estimate of drug-likeness (QED) is 0.750. The van der Waals surface area contributed by atoms with E-state index in [2.05, 4.69) is 0 Å². The molecule has 3 rings (SSSR count). The second-order valence-electron chi connectivity index (χ2n) is 4.50. The van der Waals surface area contributed by atoms with Gasteiger partial charge in [-0.25, -0.2) is 4.39 Å². The molecule has 0 unspecified atom stereocenters. The van der Waals surface area contributed by atoms with Gasteiger partial charge < -0.3 is 10.5 Å². The maximum absolute atomic E-state index is 14.1. The van der Waals surface area contributed by atoms with Crippen LogP contribution in [0.25, 0.3) is 11.1 Å². The molecule has 0 aromatic heterocycles. The lowest BCUT2D eigenvalue weighted by Crippen LogP contribution is -2.36. The summed E-state index contributed by atoms with van der Waals surface area (Å²) >= 11 is 0. The van der Waals surface area contributed by atoms with E-state index in [0.717, 1.165) is 6.07 Å². The number of hydrogen-bond donors (Lipinski definition) is 1. The van der Waals surface area contributed by atoms with Crippen LogP contribution >= 0.6 is 0 Å². The summed E-state index contributed by atoms with van der Waals surface area (Å²) in [4.78, 5) is 22.5. The van der Waals surface area contributed by atoms with Crippen LogP contribution in [0.5, 0.6) is 11.5 Å². The van der Waals surface area contributed by atoms with Gasteiger partial charge >= 0.3 is 0 Å². The topological polar surface area (TPSA) is 69.4 Å². The highest BCUT2D eigenvalue weighted by molar-refractivity contribution is 5.80. The molecule has 0 radical (unpaired) electrons. The Labute approximate surface area is 118 Å². The predicted octanol–water partition coefficient (Wildman–Crippen LogP) is 2.46. The van der Waals surface area contributed by atoms with Crippen molar-refractivity contribution in [2.75, 3.05) is 5.73 Å². The first kappa shape index (κ1) is 13.1. The highest BCUT2D eigenvalue weighted by Crippen LogP contribution is 2.29. The lowest BCUT2D eigenvalue weighted by Gasteiger charge is -2.10. The molecule has 0 saturated carbocycles. The molecule has 3 aromatic rings. The molecule has 5 heteroatoms. The Morgan fingerprint density at radius 1 is 0.905 bits per heavy atom. The summed E-state index contributed by atoms with van der Waals surface area (Å²) in [7, 11) is 0. The first-order valence-electron chi connectivity index (χ1n) is 6.19. The van der Waals surface area contributed by atoms with Crippen LogP contribution in [-0.4, -0.2) is 0 Å². The van der Waals surface area contributed by atoms with Gasteiger partial charge in [0.15, 0.2) is 0 Å². The van der Waals surface area contributed by atoms with Crippen molar-refractivity contribution >= 4 is 5.69 Å². The Morgan fingerprint density at radius 3 is 2.24 bits per heavy atom. The fraction of sp³-hybridized carbons (Fsp3) is 0. The minimum atomic E-state index is -0.769. The monoisotopic (exact) mass is 283 g/mol. The third kappa shape index (κ3) is 2.18. The smallest absolute Gasteiger partial charge is 0.249 e. The van der Waals surface area contributed by atoms with Crippen molar-refractivity contribution in [3.63, 3.8) is 0 Å². The highest BCUT2D eigenvalue weighted by Gasteiger charge is 2.22. The zero-order chi connectivity index (χ0) is 15.0. The zero-order valence-corrected chi connectivity index (χ0v) is 10.8. The molecule has 3 aromatic carbocycles. The summed E-state index contributed by atoms with van der Waals surface area (Å²) in [6.07, 6.45) is 0. The number of halogens is 1. The SMILES string of the molecule is Nc1c(-c2ccc(Oc3ccccc3)cc2F)c(=O)c1=O. The minimum absolute atomic E-state index is 0.0116. The van der Waals surface area contributed by atoms with E-state index in [9.17, 15) is 14.0 Å². The fourth-order valence-electron chi connectivity index (χ4n) is 2.06. The summed E-state index contributed by atoms with van der Waals surface area (Å²) in [5.41, 5.74) is 3.65. The maximum atomic E-state index is 14.1. The fourth-order valence-corrected chi connectivity index (χ4v) is 2.06. The van der Waals surface area contributed by atoms with Crippen LogP contribution in [0.1, 0.15) is 0 Å². The zero-order valence-electron chi connectivity index (χ0n) is 10.8. The molecule has 0 amide bonds. The minimum Gasteiger partial charge on any atom is -0.457 e. The number of rotatable bonds is 3. The van der Waals surface area contributed by atoms with Gasteiger partial charge in [-0.2, -0.15) is 0 Å². The molecule has 21 heavy (non-hydrogen) atoms. The molecule has 0 spiro atoms. The van der Waals surface area contributed by atoms with Crippen molar-refractivity contribution in [1.29, 1.82) is 0 Å². The molecule has 2 N–H and O–H groups in total. The van der Waals surface area contributed by atoms with Crippen LogP contribution in [0.15, 0.2) is 58.1 Å². The van der Waals surface area contributed by atoms with Gasteiger partial charge in [-0.1, -0.05) is 18.2 Å². The number of anilines is 1. The Kier molecular flexibility index (Phi) is 3.02. The molecular formula is C16H10FNO3. The molecule has 0 bridgehead atoms. The van der Waals surface area contributed by atoms with Crippen molar-refractivity contribution in [2.45, 2.75) is 0 Å². The number of para-hydroxylation sites is 1. The summed E-state index contributed by atoms with van der Waals surface area (Å²) < 4.78 is 19.5. The lowest BCUT2D eigenvalue weighted by molar-refractivity contribution is 0.477. The van der Waals surface area contributed by atoms with Crippen LogP contribution in [-0.2, 0) is 0 Å². The van der Waals surface area contributed by atoms with Crippen LogP contribution in [0.3, 0.4) is 0 Å². The Hall–Kier alpha value is -2.95. The predicted molar refractivity (Wildman–Crippen MR) is 77.7 cm³/mol. The van der Waals surface area contributed by atoms with E-state index in [1.54, 1.807) is 24.3 Å². The molecule has 0 atom stereocenters. The standard InChI is InChI=1S/C16H10FNO3/c17-12-8-10(21-9-4-2-1-3-5-9)6-7-11(12)13-14(18)16(20)15(13)19/h1-8H,18H2. The molecule has 0 heterocycles. The molecule has 0 aliphatic heterocycles. The third-order valence-corrected chi connectivity index (χ3v) is 3.14. The van der Waals surface area contributed by atoms with Crippen molar-refractivity contribution in [1.82, 2.24) is 0 Å². The number of nitrogens with two attached hydrogens (primary N) is 1. The molecule has 0 aliphatic carbocycles. The number of benzene rings is 2. The van der Waals surface area contributed by atoms with Gasteiger partial charge in [-0.15, -0.1) is 0 Å². The lowest BCUT2D eigenvalue weighted by atomic mass is 9.98. The van der Waals surface area contributed by atoms with E-state index in [4.69, 9.17) is 10.5 Å². The van der Waals surface area contributed by atoms with Crippen molar-refractivity contribution < 1.29 is 9.13 Å². The Bertz CT molecular complexity index is 880. The van der Waals surface area contributed by atoms with Crippen molar-refractivity contribution in [2.24, 2.45) is 0 Å². The first-order valence-corrected chi connectivity index (χ1v) is 6.19. The van der Waals surface area contributed by atoms with E-state index >= 15 is 0 Å². The van der Waals surface area contributed by atoms with Gasteiger partial charge in [-0.05, 0) is 24.3 Å². The first-order chi connectivity index (χ1) is 10.1. The van der Waals surface area contributed by atoms with E-state index < -0.39 is 16.7 Å². The average molecular weight is 283 g/mol. The van der Waals surface area contributed by atoms with Gasteiger partial charge in [0.05, 0.1) is 11.3 Å². The van der Waals surface area contributed by atoms with Gasteiger partial charge in [0.25, 0.3) is 0 Å². The second-order valence-corrected chi connectivity index (χ2v) is 4.50. The van der Waals surface area contributed by atoms with E-state index in [1.807, 2.05) is 6.07 Å². The molecular weight excluding hydrogens is 273 g/mol. The van der Waals surface area contributed by atoms with Gasteiger partial charge in [0, 0.05) is 11.6 Å². The van der Waals surface area contributed by atoms with E-state index in [1.165, 1.54) is 12.1 Å². The van der Waals surface area contributed by atoms with E-state index in [-0.39, 0.29) is 16.8 Å². The Morgan fingerprint density at radius 2 is 1.62 bits per heavy atom. The maximum Gasteiger partial charge on any atom is 0.249 e. The summed E-state index contributed by atoms with van der Waals surface area (Å²) in [5, 5.41) is 0. The van der Waals surface area contributed by atoms with Crippen molar-refractivity contribution in [3.8, 4) is 22.6 Å².